The first-order valence-electron chi connectivity index (χ1n) is 22.0. The Balaban J connectivity index is 4.42. The molecule has 52 heavy (non-hydrogen) atoms. The average molecular weight is 731 g/mol. The summed E-state index contributed by atoms with van der Waals surface area (Å²) < 4.78 is 16.6. The van der Waals surface area contributed by atoms with E-state index in [-0.39, 0.29) is 31.1 Å². The Hall–Kier alpha value is -2.37. The number of ether oxygens (including phenoxy) is 3. The van der Waals surface area contributed by atoms with E-state index >= 15 is 0 Å². The van der Waals surface area contributed by atoms with E-state index in [1.165, 1.54) is 103 Å². The molecule has 0 aliphatic carbocycles. The average Bonchev–Trinajstić information content (AvgIpc) is 3.14. The SMILES string of the molecule is CCCC/C=C\C=C/CCCCCC(=O)OC(COC(=O)CCCCCCC/C=C\CCCCC)COC(=O)CCCCCCCCCCCCC. The summed E-state index contributed by atoms with van der Waals surface area (Å²) in [5, 5.41) is 0. The molecule has 0 spiro atoms. The van der Waals surface area contributed by atoms with Crippen LogP contribution < -0.4 is 0 Å². The highest BCUT2D eigenvalue weighted by molar-refractivity contribution is 5.71. The molecule has 0 saturated heterocycles. The van der Waals surface area contributed by atoms with Crippen LogP contribution in [0.15, 0.2) is 36.5 Å². The standard InChI is InChI=1S/C46H82O6/c1-4-7-10-13-16-19-22-25-27-30-33-36-39-45(48)51-42-43(52-46(49)40-37-34-31-28-24-21-18-15-12-9-6-3)41-50-44(47)38-35-32-29-26-23-20-17-14-11-8-5-2/h15-16,18-19,21,24,43H,4-14,17,20,22-23,25-42H2,1-3H3/b18-15-,19-16-,24-21-. The number of carbonyl (C=O) groups is 3. The Labute approximate surface area is 321 Å². The number of esters is 3. The van der Waals surface area contributed by atoms with E-state index in [4.69, 9.17) is 14.2 Å². The molecular weight excluding hydrogens is 648 g/mol. The second-order valence-electron chi connectivity index (χ2n) is 14.6. The van der Waals surface area contributed by atoms with Crippen LogP contribution in [0, 0.1) is 0 Å². The van der Waals surface area contributed by atoms with E-state index in [0.29, 0.717) is 19.3 Å². The van der Waals surface area contributed by atoms with E-state index in [1.807, 2.05) is 0 Å². The Morgan fingerprint density at radius 3 is 1.19 bits per heavy atom. The molecule has 0 N–H and O–H groups in total. The van der Waals surface area contributed by atoms with Crippen LogP contribution in [0.1, 0.15) is 220 Å². The van der Waals surface area contributed by atoms with E-state index in [0.717, 1.165) is 77.0 Å². The quantitative estimate of drug-likeness (QED) is 0.0206. The Morgan fingerprint density at radius 2 is 0.712 bits per heavy atom. The third kappa shape index (κ3) is 38.9. The summed E-state index contributed by atoms with van der Waals surface area (Å²) in [7, 11) is 0. The van der Waals surface area contributed by atoms with Crippen molar-refractivity contribution in [3.05, 3.63) is 36.5 Å². The van der Waals surface area contributed by atoms with Crippen molar-refractivity contribution in [2.24, 2.45) is 0 Å². The lowest BCUT2D eigenvalue weighted by atomic mass is 10.1. The molecule has 0 aromatic rings. The molecule has 6 nitrogen and oxygen atoms in total. The second-order valence-corrected chi connectivity index (χ2v) is 14.6. The van der Waals surface area contributed by atoms with Gasteiger partial charge in [0.1, 0.15) is 13.2 Å². The highest BCUT2D eigenvalue weighted by atomic mass is 16.6. The third-order valence-electron chi connectivity index (χ3n) is 9.40. The normalized spacial score (nSPS) is 12.3. The van der Waals surface area contributed by atoms with Gasteiger partial charge in [0.2, 0.25) is 0 Å². The molecule has 1 atom stereocenters. The topological polar surface area (TPSA) is 78.9 Å². The van der Waals surface area contributed by atoms with Crippen molar-refractivity contribution in [1.82, 2.24) is 0 Å². The summed E-state index contributed by atoms with van der Waals surface area (Å²) in [6.07, 6.45) is 45.5. The molecule has 0 saturated carbocycles. The molecule has 0 aromatic heterocycles. The smallest absolute Gasteiger partial charge is 0.306 e. The Morgan fingerprint density at radius 1 is 0.385 bits per heavy atom. The first kappa shape index (κ1) is 49.6. The van der Waals surface area contributed by atoms with E-state index in [1.54, 1.807) is 0 Å². The van der Waals surface area contributed by atoms with Crippen molar-refractivity contribution in [3.63, 3.8) is 0 Å². The van der Waals surface area contributed by atoms with Gasteiger partial charge in [-0.05, 0) is 64.2 Å². The molecule has 0 heterocycles. The minimum absolute atomic E-state index is 0.0838. The van der Waals surface area contributed by atoms with Crippen molar-refractivity contribution in [2.75, 3.05) is 13.2 Å². The molecule has 0 fully saturated rings. The van der Waals surface area contributed by atoms with E-state index < -0.39 is 6.10 Å². The fourth-order valence-electron chi connectivity index (χ4n) is 6.00. The highest BCUT2D eigenvalue weighted by Crippen LogP contribution is 2.14. The summed E-state index contributed by atoms with van der Waals surface area (Å²) in [6.45, 7) is 6.51. The molecule has 1 unspecified atom stereocenters. The summed E-state index contributed by atoms with van der Waals surface area (Å²) in [5.41, 5.74) is 0. The number of carbonyl (C=O) groups excluding carboxylic acids is 3. The molecular formula is C46H82O6. The lowest BCUT2D eigenvalue weighted by molar-refractivity contribution is -0.167. The minimum Gasteiger partial charge on any atom is -0.462 e. The summed E-state index contributed by atoms with van der Waals surface area (Å²) in [4.78, 5) is 37.6. The Kier molecular flexibility index (Phi) is 39.5. The minimum atomic E-state index is -0.782. The van der Waals surface area contributed by atoms with Gasteiger partial charge in [-0.25, -0.2) is 0 Å². The molecule has 0 rings (SSSR count). The summed E-state index contributed by atoms with van der Waals surface area (Å²) in [6, 6.07) is 0. The van der Waals surface area contributed by atoms with E-state index in [9.17, 15) is 14.4 Å². The van der Waals surface area contributed by atoms with Gasteiger partial charge in [0, 0.05) is 19.3 Å². The molecule has 0 amide bonds. The van der Waals surface area contributed by atoms with Crippen LogP contribution in [0.2, 0.25) is 0 Å². The Bertz CT molecular complexity index is 891. The fraction of sp³-hybridized carbons (Fsp3) is 0.804. The van der Waals surface area contributed by atoms with Gasteiger partial charge < -0.3 is 14.2 Å². The van der Waals surface area contributed by atoms with Crippen molar-refractivity contribution in [1.29, 1.82) is 0 Å². The van der Waals surface area contributed by atoms with Gasteiger partial charge in [-0.2, -0.15) is 0 Å². The van der Waals surface area contributed by atoms with Gasteiger partial charge in [-0.1, -0.05) is 173 Å². The zero-order valence-electron chi connectivity index (χ0n) is 34.3. The monoisotopic (exact) mass is 731 g/mol. The molecule has 6 heteroatoms. The van der Waals surface area contributed by atoms with Crippen LogP contribution >= 0.6 is 0 Å². The maximum Gasteiger partial charge on any atom is 0.306 e. The van der Waals surface area contributed by atoms with Crippen molar-refractivity contribution in [3.8, 4) is 0 Å². The van der Waals surface area contributed by atoms with E-state index in [2.05, 4.69) is 57.2 Å². The van der Waals surface area contributed by atoms with Crippen LogP contribution in [0.3, 0.4) is 0 Å². The molecule has 302 valence electrons. The van der Waals surface area contributed by atoms with Gasteiger partial charge in [-0.3, -0.25) is 14.4 Å². The zero-order valence-corrected chi connectivity index (χ0v) is 34.3. The second kappa shape index (κ2) is 41.4. The molecule has 0 radical (unpaired) electrons. The van der Waals surface area contributed by atoms with Gasteiger partial charge >= 0.3 is 17.9 Å². The van der Waals surface area contributed by atoms with Gasteiger partial charge in [-0.15, -0.1) is 0 Å². The number of unbranched alkanes of at least 4 members (excludes halogenated alkanes) is 23. The first-order valence-corrected chi connectivity index (χ1v) is 22.0. The van der Waals surface area contributed by atoms with Crippen LogP contribution in [-0.4, -0.2) is 37.2 Å². The van der Waals surface area contributed by atoms with Gasteiger partial charge in [0.15, 0.2) is 6.10 Å². The first-order chi connectivity index (χ1) is 25.5. The maximum absolute atomic E-state index is 12.7. The van der Waals surface area contributed by atoms with Crippen LogP contribution in [0.4, 0.5) is 0 Å². The maximum atomic E-state index is 12.7. The van der Waals surface area contributed by atoms with Gasteiger partial charge in [0.05, 0.1) is 0 Å². The number of allylic oxidation sites excluding steroid dienone is 6. The number of rotatable bonds is 39. The summed E-state index contributed by atoms with van der Waals surface area (Å²) in [5.74, 6) is -0.923. The molecule has 0 aliphatic heterocycles. The van der Waals surface area contributed by atoms with Crippen LogP contribution in [-0.2, 0) is 28.6 Å². The third-order valence-corrected chi connectivity index (χ3v) is 9.40. The molecule has 0 bridgehead atoms. The molecule has 0 aromatic carbocycles. The van der Waals surface area contributed by atoms with Gasteiger partial charge in [0.25, 0.3) is 0 Å². The number of hydrogen-bond acceptors (Lipinski definition) is 6. The van der Waals surface area contributed by atoms with Crippen LogP contribution in [0.25, 0.3) is 0 Å². The lowest BCUT2D eigenvalue weighted by Gasteiger charge is -2.18. The van der Waals surface area contributed by atoms with Crippen molar-refractivity contribution >= 4 is 17.9 Å². The predicted octanol–water partition coefficient (Wildman–Crippen LogP) is 13.8. The zero-order chi connectivity index (χ0) is 38.0. The fourth-order valence-corrected chi connectivity index (χ4v) is 6.00. The van der Waals surface area contributed by atoms with Crippen molar-refractivity contribution in [2.45, 2.75) is 226 Å². The lowest BCUT2D eigenvalue weighted by Crippen LogP contribution is -2.30. The predicted molar refractivity (Wildman–Crippen MR) is 219 cm³/mol. The summed E-state index contributed by atoms with van der Waals surface area (Å²) >= 11 is 0. The van der Waals surface area contributed by atoms with Crippen molar-refractivity contribution < 1.29 is 28.6 Å². The number of hydrogen-bond donors (Lipinski definition) is 0. The molecule has 0 aliphatic rings. The van der Waals surface area contributed by atoms with Crippen LogP contribution in [0.5, 0.6) is 0 Å². The highest BCUT2D eigenvalue weighted by Gasteiger charge is 2.19. The largest absolute Gasteiger partial charge is 0.462 e.